The number of nitrogens with one attached hydrogen (secondary N) is 4. The van der Waals surface area contributed by atoms with Crippen molar-refractivity contribution in [1.29, 1.82) is 0 Å². The van der Waals surface area contributed by atoms with Crippen LogP contribution in [0.5, 0.6) is 0 Å². The van der Waals surface area contributed by atoms with Gasteiger partial charge in [-0.3, -0.25) is 14.4 Å². The molecule has 49 heavy (non-hydrogen) atoms. The quantitative estimate of drug-likeness (QED) is 0.188. The second-order valence-corrected chi connectivity index (χ2v) is 14.1. The highest BCUT2D eigenvalue weighted by atomic mass is 16.5. The summed E-state index contributed by atoms with van der Waals surface area (Å²) in [6.45, 7) is 10.6. The number of aromatic nitrogens is 2. The summed E-state index contributed by atoms with van der Waals surface area (Å²) in [5.74, 6) is 0.328. The molecule has 5 atom stereocenters. The summed E-state index contributed by atoms with van der Waals surface area (Å²) in [6, 6.07) is 14.9. The monoisotopic (exact) mass is 670 g/mol. The third kappa shape index (κ3) is 8.32. The number of rotatable bonds is 11. The summed E-state index contributed by atoms with van der Waals surface area (Å²) >= 11 is 0. The summed E-state index contributed by atoms with van der Waals surface area (Å²) in [7, 11) is 1.26. The Hall–Kier alpha value is -4.67. The number of imidazole rings is 1. The molecule has 2 fully saturated rings. The highest BCUT2D eigenvalue weighted by molar-refractivity contribution is 5.94. The number of benzene rings is 2. The molecule has 2 aliphatic rings. The number of carbonyl (C=O) groups excluding carboxylic acids is 4. The first-order valence-electron chi connectivity index (χ1n) is 17.5. The molecule has 0 bridgehead atoms. The van der Waals surface area contributed by atoms with Crippen molar-refractivity contribution in [3.8, 4) is 22.4 Å². The second kappa shape index (κ2) is 15.7. The topological polar surface area (TPSA) is 146 Å². The van der Waals surface area contributed by atoms with Crippen LogP contribution in [0, 0.1) is 23.7 Å². The van der Waals surface area contributed by atoms with Gasteiger partial charge >= 0.3 is 6.09 Å². The second-order valence-electron chi connectivity index (χ2n) is 14.1. The lowest BCUT2D eigenvalue weighted by Gasteiger charge is -2.27. The zero-order valence-electron chi connectivity index (χ0n) is 29.4. The molecule has 5 rings (SSSR count). The molecule has 1 saturated heterocycles. The largest absolute Gasteiger partial charge is 0.453 e. The minimum absolute atomic E-state index is 0.0195. The standard InChI is InChI=1S/C38H50N6O5/c1-22(2)24(5)37(47)44-20-8-11-32(44)34-39-21-31(41-34)27-14-12-25(13-15-27)26-16-18-28(19-17-26)40-35(45)29-9-7-10-30(29)42-36(46)33(23(3)4)43-38(48)49-6/h12-19,21-24,29-30,32-33H,7-11,20H2,1-6H3,(H,39,41)(H,40,45)(H,42,46)(H,43,48)/t24-,29-,30-,32-,33-/m0/s1. The molecule has 11 nitrogen and oxygen atoms in total. The molecule has 1 aromatic heterocycles. The average Bonchev–Trinajstić information content (AvgIpc) is 3.88. The Bertz CT molecular complexity index is 1620. The van der Waals surface area contributed by atoms with E-state index >= 15 is 0 Å². The molecule has 3 aromatic rings. The van der Waals surface area contributed by atoms with Gasteiger partial charge in [0.05, 0.1) is 31.0 Å². The van der Waals surface area contributed by atoms with Gasteiger partial charge in [0.1, 0.15) is 11.9 Å². The van der Waals surface area contributed by atoms with E-state index in [-0.39, 0.29) is 47.6 Å². The van der Waals surface area contributed by atoms with E-state index in [4.69, 9.17) is 0 Å². The van der Waals surface area contributed by atoms with Crippen molar-refractivity contribution >= 4 is 29.5 Å². The lowest BCUT2D eigenvalue weighted by molar-refractivity contribution is -0.137. The first-order valence-corrected chi connectivity index (χ1v) is 17.5. The lowest BCUT2D eigenvalue weighted by atomic mass is 9.96. The molecule has 0 radical (unpaired) electrons. The van der Waals surface area contributed by atoms with Gasteiger partial charge in [0, 0.05) is 24.2 Å². The van der Waals surface area contributed by atoms with Crippen LogP contribution in [0.15, 0.2) is 54.7 Å². The van der Waals surface area contributed by atoms with E-state index in [0.29, 0.717) is 24.4 Å². The Labute approximate surface area is 289 Å². The molecule has 2 heterocycles. The molecule has 0 unspecified atom stereocenters. The summed E-state index contributed by atoms with van der Waals surface area (Å²) in [5, 5.41) is 8.60. The number of anilines is 1. The van der Waals surface area contributed by atoms with Gasteiger partial charge in [0.15, 0.2) is 0 Å². The molecule has 4 N–H and O–H groups in total. The maximum absolute atomic E-state index is 13.3. The van der Waals surface area contributed by atoms with Gasteiger partial charge in [-0.1, -0.05) is 77.4 Å². The van der Waals surface area contributed by atoms with Gasteiger partial charge in [-0.25, -0.2) is 9.78 Å². The molecule has 11 heteroatoms. The average molecular weight is 671 g/mol. The Morgan fingerprint density at radius 3 is 2.14 bits per heavy atom. The number of aromatic amines is 1. The number of hydrogen-bond donors (Lipinski definition) is 4. The van der Waals surface area contributed by atoms with Gasteiger partial charge in [0.2, 0.25) is 17.7 Å². The fourth-order valence-electron chi connectivity index (χ4n) is 6.78. The molecule has 2 aromatic carbocycles. The summed E-state index contributed by atoms with van der Waals surface area (Å²) in [4.78, 5) is 61.3. The molecule has 1 aliphatic heterocycles. The molecule has 0 spiro atoms. The number of likely N-dealkylation sites (tertiary alicyclic amines) is 1. The van der Waals surface area contributed by atoms with Crippen LogP contribution in [-0.2, 0) is 19.1 Å². The lowest BCUT2D eigenvalue weighted by Crippen LogP contribution is -2.53. The van der Waals surface area contributed by atoms with Gasteiger partial charge in [-0.2, -0.15) is 0 Å². The maximum atomic E-state index is 13.3. The van der Waals surface area contributed by atoms with Crippen LogP contribution < -0.4 is 16.0 Å². The molecule has 4 amide bonds. The van der Waals surface area contributed by atoms with Crippen LogP contribution in [0.2, 0.25) is 0 Å². The van der Waals surface area contributed by atoms with Crippen LogP contribution >= 0.6 is 0 Å². The van der Waals surface area contributed by atoms with Gasteiger partial charge in [-0.15, -0.1) is 0 Å². The number of alkyl carbamates (subject to hydrolysis) is 1. The van der Waals surface area contributed by atoms with Gasteiger partial charge in [-0.05, 0) is 66.3 Å². The predicted octanol–water partition coefficient (Wildman–Crippen LogP) is 6.30. The van der Waals surface area contributed by atoms with E-state index in [1.165, 1.54) is 7.11 Å². The van der Waals surface area contributed by atoms with Crippen LogP contribution in [0.3, 0.4) is 0 Å². The van der Waals surface area contributed by atoms with E-state index in [1.54, 1.807) is 0 Å². The van der Waals surface area contributed by atoms with E-state index < -0.39 is 12.1 Å². The van der Waals surface area contributed by atoms with Gasteiger partial charge < -0.3 is 30.6 Å². The molecular formula is C38H50N6O5. The summed E-state index contributed by atoms with van der Waals surface area (Å²) in [5.41, 5.74) is 4.66. The third-order valence-electron chi connectivity index (χ3n) is 10.1. The van der Waals surface area contributed by atoms with Crippen LogP contribution in [0.4, 0.5) is 10.5 Å². The SMILES string of the molecule is COC(=O)N[C@H](C(=O)N[C@H]1CCC[C@@H]1C(=O)Nc1ccc(-c2ccc(-c3cnc([C@@H]4CCCN4C(=O)[C@@H](C)C(C)C)[nH]3)cc2)cc1)C(C)C. The zero-order valence-corrected chi connectivity index (χ0v) is 29.4. The van der Waals surface area contributed by atoms with E-state index in [2.05, 4.69) is 68.8 Å². The fourth-order valence-corrected chi connectivity index (χ4v) is 6.78. The summed E-state index contributed by atoms with van der Waals surface area (Å²) < 4.78 is 4.67. The fraction of sp³-hybridized carbons (Fsp3) is 0.500. The first kappa shape index (κ1) is 35.6. The van der Waals surface area contributed by atoms with Crippen molar-refractivity contribution in [1.82, 2.24) is 25.5 Å². The van der Waals surface area contributed by atoms with Crippen molar-refractivity contribution in [3.05, 3.63) is 60.6 Å². The molecular weight excluding hydrogens is 620 g/mol. The normalized spacial score (nSPS) is 20.2. The minimum Gasteiger partial charge on any atom is -0.453 e. The Morgan fingerprint density at radius 2 is 1.51 bits per heavy atom. The van der Waals surface area contributed by atoms with Crippen molar-refractivity contribution in [3.63, 3.8) is 0 Å². The van der Waals surface area contributed by atoms with Crippen molar-refractivity contribution in [2.75, 3.05) is 19.0 Å². The third-order valence-corrected chi connectivity index (χ3v) is 10.1. The number of nitrogens with zero attached hydrogens (tertiary/aromatic N) is 2. The number of hydrogen-bond acceptors (Lipinski definition) is 6. The van der Waals surface area contributed by atoms with Crippen LogP contribution in [-0.4, -0.2) is 64.4 Å². The predicted molar refractivity (Wildman–Crippen MR) is 189 cm³/mol. The summed E-state index contributed by atoms with van der Waals surface area (Å²) in [6.07, 6.45) is 5.25. The Kier molecular flexibility index (Phi) is 11.4. The number of methoxy groups -OCH3 is 1. The van der Waals surface area contributed by atoms with Crippen molar-refractivity contribution < 1.29 is 23.9 Å². The highest BCUT2D eigenvalue weighted by Crippen LogP contribution is 2.34. The van der Waals surface area contributed by atoms with Gasteiger partial charge in [0.25, 0.3) is 0 Å². The number of ether oxygens (including phenoxy) is 1. The van der Waals surface area contributed by atoms with E-state index in [0.717, 1.165) is 54.0 Å². The zero-order chi connectivity index (χ0) is 35.2. The first-order chi connectivity index (χ1) is 23.5. The van der Waals surface area contributed by atoms with E-state index in [9.17, 15) is 19.2 Å². The maximum Gasteiger partial charge on any atom is 0.407 e. The van der Waals surface area contributed by atoms with Crippen LogP contribution in [0.25, 0.3) is 22.4 Å². The Morgan fingerprint density at radius 1 is 0.857 bits per heavy atom. The number of amides is 4. The van der Waals surface area contributed by atoms with Crippen molar-refractivity contribution in [2.24, 2.45) is 23.7 Å². The minimum atomic E-state index is -0.756. The highest BCUT2D eigenvalue weighted by Gasteiger charge is 2.37. The van der Waals surface area contributed by atoms with Crippen molar-refractivity contribution in [2.45, 2.75) is 84.8 Å². The van der Waals surface area contributed by atoms with E-state index in [1.807, 2.05) is 56.1 Å². The molecule has 1 saturated carbocycles. The molecule has 1 aliphatic carbocycles. The number of H-pyrrole nitrogens is 1. The number of carbonyl (C=O) groups is 4. The smallest absolute Gasteiger partial charge is 0.407 e. The van der Waals surface area contributed by atoms with Crippen LogP contribution in [0.1, 0.15) is 78.6 Å². The Balaban J connectivity index is 1.18. The molecule has 262 valence electrons.